The van der Waals surface area contributed by atoms with Crippen molar-refractivity contribution in [1.29, 1.82) is 0 Å². The van der Waals surface area contributed by atoms with E-state index in [1.807, 2.05) is 42.5 Å². The molecule has 1 saturated heterocycles. The molecular weight excluding hydrogens is 506 g/mol. The van der Waals surface area contributed by atoms with Crippen LogP contribution in [-0.2, 0) is 11.3 Å². The number of anilines is 1. The Morgan fingerprint density at radius 3 is 2.31 bits per heavy atom. The molecular formula is C28H39N3O8. The summed E-state index contributed by atoms with van der Waals surface area (Å²) in [6.45, 7) is 1.20. The standard InChI is InChI=1S/C28H39N3O8/c32-12-4-1-6-14-37-22-11-10-19(16-23(22)38-15-7-5-13-33)17-29-28-30-20-8-2-3-9-21(20)31(28)27-26(36)25(35)24(18-34)39-27/h2-3,8-11,16,24-27,32-36H,1,4-7,12-15,17-18H2,(H,29,30)/t24-,25-,26-,27-/m1/s1. The number of aliphatic hydroxyl groups is 5. The highest BCUT2D eigenvalue weighted by Crippen LogP contribution is 2.35. The Morgan fingerprint density at radius 1 is 0.846 bits per heavy atom. The summed E-state index contributed by atoms with van der Waals surface area (Å²) in [5.74, 6) is 1.68. The SMILES string of the molecule is OCCCCCOc1ccc(CNc2nc3ccccc3n2[C@@H]2O[C@H](CO)[C@@H](O)[C@H]2O)cc1OCCCCO. The van der Waals surface area contributed by atoms with Gasteiger partial charge >= 0.3 is 0 Å². The van der Waals surface area contributed by atoms with Crippen LogP contribution in [-0.4, -0.2) is 86.4 Å². The highest BCUT2D eigenvalue weighted by Gasteiger charge is 2.44. The van der Waals surface area contributed by atoms with Gasteiger partial charge in [-0.05, 0) is 61.9 Å². The van der Waals surface area contributed by atoms with Crippen LogP contribution in [0.4, 0.5) is 5.95 Å². The zero-order chi connectivity index (χ0) is 27.6. The number of hydrogen-bond donors (Lipinski definition) is 6. The molecule has 2 heterocycles. The molecule has 39 heavy (non-hydrogen) atoms. The van der Waals surface area contributed by atoms with E-state index in [9.17, 15) is 15.3 Å². The van der Waals surface area contributed by atoms with Crippen LogP contribution in [0.15, 0.2) is 42.5 Å². The molecule has 1 aliphatic rings. The maximum absolute atomic E-state index is 10.7. The third kappa shape index (κ3) is 7.18. The van der Waals surface area contributed by atoms with E-state index in [0.29, 0.717) is 61.1 Å². The summed E-state index contributed by atoms with van der Waals surface area (Å²) in [6, 6.07) is 13.1. The first kappa shape index (κ1) is 29.1. The fourth-order valence-electron chi connectivity index (χ4n) is 4.56. The normalized spacial score (nSPS) is 20.9. The van der Waals surface area contributed by atoms with Crippen LogP contribution in [0.1, 0.15) is 43.9 Å². The van der Waals surface area contributed by atoms with Crippen molar-refractivity contribution in [3.8, 4) is 11.5 Å². The summed E-state index contributed by atoms with van der Waals surface area (Å²) in [5, 5.41) is 51.9. The minimum atomic E-state index is -1.24. The van der Waals surface area contributed by atoms with Crippen LogP contribution in [0, 0.1) is 0 Å². The number of unbranched alkanes of at least 4 members (excludes halogenated alkanes) is 3. The molecule has 0 unspecified atom stereocenters. The smallest absolute Gasteiger partial charge is 0.206 e. The van der Waals surface area contributed by atoms with Gasteiger partial charge in [0.2, 0.25) is 5.95 Å². The number of imidazole rings is 1. The number of nitrogens with one attached hydrogen (secondary N) is 1. The molecule has 0 amide bonds. The number of para-hydroxylation sites is 2. The second-order valence-corrected chi connectivity index (χ2v) is 9.57. The van der Waals surface area contributed by atoms with Gasteiger partial charge in [-0.25, -0.2) is 4.98 Å². The van der Waals surface area contributed by atoms with Gasteiger partial charge in [-0.3, -0.25) is 4.57 Å². The zero-order valence-electron chi connectivity index (χ0n) is 22.0. The molecule has 3 aromatic rings. The van der Waals surface area contributed by atoms with E-state index in [-0.39, 0.29) is 13.2 Å². The van der Waals surface area contributed by atoms with Crippen LogP contribution in [0.5, 0.6) is 11.5 Å². The summed E-state index contributed by atoms with van der Waals surface area (Å²) in [4.78, 5) is 4.68. The molecule has 0 spiro atoms. The van der Waals surface area contributed by atoms with Gasteiger partial charge in [-0.2, -0.15) is 0 Å². The van der Waals surface area contributed by atoms with Crippen molar-refractivity contribution < 1.29 is 39.7 Å². The quantitative estimate of drug-likeness (QED) is 0.147. The van der Waals surface area contributed by atoms with E-state index in [0.717, 1.165) is 24.8 Å². The number of aromatic nitrogens is 2. The molecule has 4 atom stereocenters. The topological polar surface area (TPSA) is 159 Å². The van der Waals surface area contributed by atoms with Crippen LogP contribution >= 0.6 is 0 Å². The monoisotopic (exact) mass is 545 g/mol. The number of hydrogen-bond acceptors (Lipinski definition) is 10. The molecule has 4 rings (SSSR count). The third-order valence-corrected chi connectivity index (χ3v) is 6.70. The highest BCUT2D eigenvalue weighted by molar-refractivity contribution is 5.78. The Bertz CT molecular complexity index is 1170. The number of benzene rings is 2. The second kappa shape index (κ2) is 14.5. The van der Waals surface area contributed by atoms with Gasteiger partial charge < -0.3 is 45.1 Å². The molecule has 0 bridgehead atoms. The number of aliphatic hydroxyl groups excluding tert-OH is 5. The van der Waals surface area contributed by atoms with Crippen LogP contribution < -0.4 is 14.8 Å². The Labute approximate surface area is 227 Å². The van der Waals surface area contributed by atoms with Gasteiger partial charge in [-0.15, -0.1) is 0 Å². The molecule has 1 aromatic heterocycles. The molecule has 11 heteroatoms. The molecule has 0 radical (unpaired) electrons. The van der Waals surface area contributed by atoms with Crippen LogP contribution in [0.2, 0.25) is 0 Å². The largest absolute Gasteiger partial charge is 0.490 e. The summed E-state index contributed by atoms with van der Waals surface area (Å²) in [6.07, 6.45) is -0.499. The number of fused-ring (bicyclic) bond motifs is 1. The van der Waals surface area contributed by atoms with Crippen molar-refractivity contribution in [3.63, 3.8) is 0 Å². The molecule has 6 N–H and O–H groups in total. The Morgan fingerprint density at radius 2 is 1.56 bits per heavy atom. The maximum atomic E-state index is 10.7. The third-order valence-electron chi connectivity index (χ3n) is 6.70. The number of nitrogens with zero attached hydrogens (tertiary/aromatic N) is 2. The van der Waals surface area contributed by atoms with Crippen LogP contribution in [0.3, 0.4) is 0 Å². The summed E-state index contributed by atoms with van der Waals surface area (Å²) in [7, 11) is 0. The molecule has 1 aliphatic heterocycles. The predicted molar refractivity (Wildman–Crippen MR) is 145 cm³/mol. The lowest BCUT2D eigenvalue weighted by atomic mass is 10.1. The molecule has 214 valence electrons. The minimum Gasteiger partial charge on any atom is -0.490 e. The molecule has 11 nitrogen and oxygen atoms in total. The van der Waals surface area contributed by atoms with Gasteiger partial charge in [0.15, 0.2) is 17.7 Å². The van der Waals surface area contributed by atoms with Crippen LogP contribution in [0.25, 0.3) is 11.0 Å². The number of rotatable bonds is 16. The predicted octanol–water partition coefficient (Wildman–Crippen LogP) is 1.95. The van der Waals surface area contributed by atoms with E-state index in [1.54, 1.807) is 4.57 Å². The summed E-state index contributed by atoms with van der Waals surface area (Å²) < 4.78 is 19.4. The first-order chi connectivity index (χ1) is 19.1. The number of ether oxygens (including phenoxy) is 3. The Hall–Kier alpha value is -2.93. The van der Waals surface area contributed by atoms with Crippen molar-refractivity contribution in [2.45, 2.75) is 63.2 Å². The molecule has 0 aliphatic carbocycles. The first-order valence-electron chi connectivity index (χ1n) is 13.5. The van der Waals surface area contributed by atoms with Crippen molar-refractivity contribution in [2.75, 3.05) is 38.4 Å². The Kier molecular flexibility index (Phi) is 10.8. The van der Waals surface area contributed by atoms with Gasteiger partial charge in [-0.1, -0.05) is 18.2 Å². The van der Waals surface area contributed by atoms with E-state index >= 15 is 0 Å². The highest BCUT2D eigenvalue weighted by atomic mass is 16.6. The lowest BCUT2D eigenvalue weighted by Crippen LogP contribution is -2.33. The average molecular weight is 546 g/mol. The molecule has 2 aromatic carbocycles. The first-order valence-corrected chi connectivity index (χ1v) is 13.5. The maximum Gasteiger partial charge on any atom is 0.206 e. The fourth-order valence-corrected chi connectivity index (χ4v) is 4.56. The van der Waals surface area contributed by atoms with Crippen molar-refractivity contribution in [3.05, 3.63) is 48.0 Å². The minimum absolute atomic E-state index is 0.109. The lowest BCUT2D eigenvalue weighted by Gasteiger charge is -2.20. The van der Waals surface area contributed by atoms with Gasteiger partial charge in [0.25, 0.3) is 0 Å². The fraction of sp³-hybridized carbons (Fsp3) is 0.536. The molecule has 1 fully saturated rings. The second-order valence-electron chi connectivity index (χ2n) is 9.57. The van der Waals surface area contributed by atoms with E-state index in [4.69, 9.17) is 24.4 Å². The van der Waals surface area contributed by atoms with Crippen molar-refractivity contribution in [1.82, 2.24) is 9.55 Å². The van der Waals surface area contributed by atoms with E-state index in [1.165, 1.54) is 0 Å². The average Bonchev–Trinajstić information content (AvgIpc) is 3.46. The van der Waals surface area contributed by atoms with E-state index in [2.05, 4.69) is 10.3 Å². The zero-order valence-corrected chi connectivity index (χ0v) is 22.0. The molecule has 0 saturated carbocycles. The Balaban J connectivity index is 1.52. The summed E-state index contributed by atoms with van der Waals surface area (Å²) >= 11 is 0. The lowest BCUT2D eigenvalue weighted by molar-refractivity contribution is -0.0499. The van der Waals surface area contributed by atoms with Crippen molar-refractivity contribution in [2.24, 2.45) is 0 Å². The van der Waals surface area contributed by atoms with Gasteiger partial charge in [0, 0.05) is 19.8 Å². The van der Waals surface area contributed by atoms with E-state index < -0.39 is 31.1 Å². The van der Waals surface area contributed by atoms with Gasteiger partial charge in [0.05, 0.1) is 30.9 Å². The van der Waals surface area contributed by atoms with Crippen molar-refractivity contribution >= 4 is 17.0 Å². The summed E-state index contributed by atoms with van der Waals surface area (Å²) in [5.41, 5.74) is 2.31. The van der Waals surface area contributed by atoms with Gasteiger partial charge in [0.1, 0.15) is 18.3 Å².